The van der Waals surface area contributed by atoms with E-state index in [1.54, 1.807) is 0 Å². The molecule has 3 aliphatic heterocycles. The molecule has 0 amide bonds. The Balaban J connectivity index is 0.000000143. The molecule has 3 fully saturated rings. The first kappa shape index (κ1) is 48.2. The fraction of sp³-hybridized carbons (Fsp3) is 0.370. The van der Waals surface area contributed by atoms with Crippen LogP contribution in [0.5, 0.6) is 0 Å². The van der Waals surface area contributed by atoms with Gasteiger partial charge in [0, 0.05) is 39.8 Å². The summed E-state index contributed by atoms with van der Waals surface area (Å²) in [6.45, 7) is 28.7. The second-order valence-electron chi connectivity index (χ2n) is 21.4. The van der Waals surface area contributed by atoms with Crippen molar-refractivity contribution in [1.29, 1.82) is 0 Å². The van der Waals surface area contributed by atoms with E-state index in [1.165, 1.54) is 43.7 Å². The van der Waals surface area contributed by atoms with E-state index in [2.05, 4.69) is 174 Å². The molecule has 0 bridgehead atoms. The maximum atomic E-state index is 6.29. The quantitative estimate of drug-likeness (QED) is 0.161. The van der Waals surface area contributed by atoms with Crippen LogP contribution in [0.4, 0.5) is 0 Å². The SMILES string of the molecule is CC1(C)OB(B2OC(C)(C)C(C)(C)O2)OC1(C)C.Cc1ccnc(-n2c3ccccc3c3ccc(B4OC(C)(C)C(C)(C)O4)cc32)c1.Cc1ccnc(-n2c3ccccc3c3ccc(Br)cc32)c1.[2HH]. The smallest absolute Gasteiger partial charge is 0.405 e. The molecule has 10 nitrogen and oxygen atoms in total. The highest BCUT2D eigenvalue weighted by Gasteiger charge is 2.63. The van der Waals surface area contributed by atoms with Gasteiger partial charge >= 0.3 is 21.1 Å². The molecule has 4 aromatic heterocycles. The first-order chi connectivity index (χ1) is 31.9. The summed E-state index contributed by atoms with van der Waals surface area (Å²) in [6, 6.07) is 38.1. The molecule has 68 heavy (non-hydrogen) atoms. The van der Waals surface area contributed by atoms with Crippen molar-refractivity contribution in [2.45, 2.75) is 131 Å². The van der Waals surface area contributed by atoms with Crippen LogP contribution in [-0.2, 0) is 27.9 Å². The van der Waals surface area contributed by atoms with Crippen LogP contribution in [0.15, 0.2) is 126 Å². The Morgan fingerprint density at radius 1 is 0.426 bits per heavy atom. The van der Waals surface area contributed by atoms with Gasteiger partial charge < -0.3 is 27.9 Å². The summed E-state index contributed by atoms with van der Waals surface area (Å²) >= 11 is 3.58. The zero-order chi connectivity index (χ0) is 48.8. The predicted octanol–water partition coefficient (Wildman–Crippen LogP) is 12.5. The molecular weight excluding hydrogens is 913 g/mol. The minimum atomic E-state index is -0.476. The summed E-state index contributed by atoms with van der Waals surface area (Å²) in [6.07, 6.45) is 3.73. The van der Waals surface area contributed by atoms with Crippen molar-refractivity contribution in [1.82, 2.24) is 19.1 Å². The van der Waals surface area contributed by atoms with E-state index >= 15 is 0 Å². The van der Waals surface area contributed by atoms with E-state index in [-0.39, 0.29) is 42.2 Å². The van der Waals surface area contributed by atoms with Crippen molar-refractivity contribution in [3.8, 4) is 11.6 Å². The number of pyridine rings is 2. The molecule has 0 unspecified atom stereocenters. The van der Waals surface area contributed by atoms with E-state index in [0.717, 1.165) is 32.6 Å². The normalized spacial score (nSPS) is 19.7. The summed E-state index contributed by atoms with van der Waals surface area (Å²) in [5.41, 5.74) is 5.85. The standard InChI is InChI=1S/C24H25BN2O2.C18H13BrN2.C12H24B2O4.H2/c1-16-12-13-26-22(14-16)27-20-9-7-6-8-18(20)19-11-10-17(15-21(19)27)25-28-23(2,3)24(4,5)29-25;1-12-8-9-20-18(10-12)21-16-5-3-2-4-14(16)15-7-6-13(19)11-17(15)21;1-9(2)10(3,4)16-13(15-9)14-17-11(5,6)12(7,8)18-14;/h6-15H,1-5H3;2-11H,1H3;1-8H3;1H/i;;;1+1. The lowest BCUT2D eigenvalue weighted by molar-refractivity contribution is 0.00578. The fourth-order valence-electron chi connectivity index (χ4n) is 8.84. The molecule has 4 aromatic carbocycles. The minimum Gasteiger partial charge on any atom is -0.405 e. The highest BCUT2D eigenvalue weighted by atomic mass is 79.9. The number of hydrogen-bond donors (Lipinski definition) is 0. The van der Waals surface area contributed by atoms with Gasteiger partial charge in [-0.2, -0.15) is 0 Å². The predicted molar refractivity (Wildman–Crippen MR) is 284 cm³/mol. The van der Waals surface area contributed by atoms with Crippen LogP contribution in [0.2, 0.25) is 0 Å². The summed E-state index contributed by atoms with van der Waals surface area (Å²) in [5.74, 6) is 1.88. The number of benzene rings is 4. The van der Waals surface area contributed by atoms with Crippen LogP contribution in [0.1, 0.15) is 95.6 Å². The van der Waals surface area contributed by atoms with Gasteiger partial charge in [0.15, 0.2) is 0 Å². The van der Waals surface area contributed by atoms with Crippen molar-refractivity contribution in [2.24, 2.45) is 0 Å². The number of nitrogens with zero attached hydrogens (tertiary/aromatic N) is 4. The monoisotopic (exact) mass is 977 g/mol. The number of rotatable bonds is 4. The lowest BCUT2D eigenvalue weighted by atomic mass is 9.49. The summed E-state index contributed by atoms with van der Waals surface area (Å²) in [5, 5.41) is 4.91. The van der Waals surface area contributed by atoms with Crippen LogP contribution in [-0.4, -0.2) is 73.8 Å². The number of hydrogen-bond acceptors (Lipinski definition) is 8. The van der Waals surface area contributed by atoms with Crippen LogP contribution in [0.25, 0.3) is 55.2 Å². The third kappa shape index (κ3) is 8.65. The zero-order valence-corrected chi connectivity index (χ0v) is 43.5. The second kappa shape index (κ2) is 17.3. The Morgan fingerprint density at radius 3 is 1.22 bits per heavy atom. The molecule has 0 saturated carbocycles. The summed E-state index contributed by atoms with van der Waals surface area (Å²) in [4.78, 5) is 9.22. The van der Waals surface area contributed by atoms with Gasteiger partial charge in [0.2, 0.25) is 0 Å². The van der Waals surface area contributed by atoms with Gasteiger partial charge in [-0.1, -0.05) is 70.5 Å². The van der Waals surface area contributed by atoms with Gasteiger partial charge in [-0.15, -0.1) is 0 Å². The molecule has 0 N–H and O–H groups in total. The van der Waals surface area contributed by atoms with Gasteiger partial charge in [0.1, 0.15) is 11.6 Å². The highest BCUT2D eigenvalue weighted by molar-refractivity contribution is 9.10. The number of halogens is 1. The third-order valence-corrected chi connectivity index (χ3v) is 15.4. The van der Waals surface area contributed by atoms with Crippen LogP contribution in [0, 0.1) is 13.8 Å². The molecule has 352 valence electrons. The van der Waals surface area contributed by atoms with Crippen LogP contribution < -0.4 is 5.46 Å². The zero-order valence-electron chi connectivity index (χ0n) is 41.9. The lowest BCUT2D eigenvalue weighted by Gasteiger charge is -2.32. The van der Waals surface area contributed by atoms with E-state index in [0.29, 0.717) is 0 Å². The average molecular weight is 978 g/mol. The topological polar surface area (TPSA) is 91.0 Å². The highest BCUT2D eigenvalue weighted by Crippen LogP contribution is 2.43. The van der Waals surface area contributed by atoms with Gasteiger partial charge in [-0.05, 0) is 168 Å². The number of aromatic nitrogens is 4. The van der Waals surface area contributed by atoms with Gasteiger partial charge in [0.25, 0.3) is 0 Å². The number of fused-ring (bicyclic) bond motifs is 6. The average Bonchev–Trinajstić information content (AvgIpc) is 3.97. The molecule has 14 heteroatoms. The number of aryl methyl sites for hydroxylation is 2. The van der Waals surface area contributed by atoms with Crippen molar-refractivity contribution >= 4 is 86.1 Å². The van der Waals surface area contributed by atoms with E-state index < -0.39 is 14.0 Å². The Labute approximate surface area is 412 Å². The van der Waals surface area contributed by atoms with Gasteiger partial charge in [0.05, 0.1) is 55.7 Å². The summed E-state index contributed by atoms with van der Waals surface area (Å²) < 4.78 is 42.0. The van der Waals surface area contributed by atoms with Gasteiger partial charge in [-0.3, -0.25) is 9.13 Å². The second-order valence-corrected chi connectivity index (χ2v) is 22.3. The Hall–Kier alpha value is -4.79. The fourth-order valence-corrected chi connectivity index (χ4v) is 9.18. The Kier molecular flexibility index (Phi) is 12.2. The molecular formula is C54H64B3BrN4O6. The van der Waals surface area contributed by atoms with Crippen LogP contribution >= 0.6 is 15.9 Å². The molecule has 7 heterocycles. The lowest BCUT2D eigenvalue weighted by Crippen LogP contribution is -2.41. The van der Waals surface area contributed by atoms with Crippen molar-refractivity contribution in [3.63, 3.8) is 0 Å². The maximum Gasteiger partial charge on any atom is 0.494 e. The summed E-state index contributed by atoms with van der Waals surface area (Å²) in [7, 11) is -1.34. The first-order valence-corrected chi connectivity index (χ1v) is 24.3. The number of para-hydroxylation sites is 2. The minimum absolute atomic E-state index is 0. The van der Waals surface area contributed by atoms with E-state index in [9.17, 15) is 0 Å². The van der Waals surface area contributed by atoms with E-state index in [4.69, 9.17) is 27.9 Å². The Morgan fingerprint density at radius 2 is 0.794 bits per heavy atom. The largest absolute Gasteiger partial charge is 0.494 e. The maximum absolute atomic E-state index is 6.29. The molecule has 3 saturated heterocycles. The molecule has 8 aromatic rings. The third-order valence-electron chi connectivity index (χ3n) is 14.9. The van der Waals surface area contributed by atoms with Gasteiger partial charge in [-0.25, -0.2) is 9.97 Å². The van der Waals surface area contributed by atoms with Crippen molar-refractivity contribution in [2.75, 3.05) is 0 Å². The molecule has 3 aliphatic rings. The van der Waals surface area contributed by atoms with Crippen LogP contribution in [0.3, 0.4) is 0 Å². The molecule has 11 rings (SSSR count). The van der Waals surface area contributed by atoms with Crippen molar-refractivity contribution < 1.29 is 29.4 Å². The molecule has 0 radical (unpaired) electrons. The Bertz CT molecular complexity index is 3120. The van der Waals surface area contributed by atoms with Crippen molar-refractivity contribution in [3.05, 3.63) is 137 Å². The molecule has 0 spiro atoms. The molecule has 0 aliphatic carbocycles. The van der Waals surface area contributed by atoms with E-state index in [1.807, 2.05) is 79.9 Å². The first-order valence-electron chi connectivity index (χ1n) is 23.5. The molecule has 0 atom stereocenters.